The molecule has 1 fully saturated rings. The summed E-state index contributed by atoms with van der Waals surface area (Å²) in [5, 5.41) is 24.5. The summed E-state index contributed by atoms with van der Waals surface area (Å²) < 4.78 is 11.9. The number of aromatic nitrogens is 1. The first-order valence-corrected chi connectivity index (χ1v) is 11.3. The van der Waals surface area contributed by atoms with Gasteiger partial charge in [-0.1, -0.05) is 54.1 Å². The van der Waals surface area contributed by atoms with Crippen molar-refractivity contribution in [3.8, 4) is 11.5 Å². The minimum Gasteiger partial charge on any atom is -0.497 e. The van der Waals surface area contributed by atoms with E-state index in [4.69, 9.17) is 21.1 Å². The van der Waals surface area contributed by atoms with Crippen LogP contribution in [0.3, 0.4) is 0 Å². The lowest BCUT2D eigenvalue weighted by Crippen LogP contribution is -2.52. The topological polar surface area (TPSA) is 92.1 Å². The zero-order valence-electron chi connectivity index (χ0n) is 19.0. The summed E-state index contributed by atoms with van der Waals surface area (Å²) in [6.45, 7) is 0. The molecule has 0 bridgehead atoms. The number of fused-ring (bicyclic) bond motifs is 3. The van der Waals surface area contributed by atoms with Crippen LogP contribution >= 0.6 is 11.6 Å². The van der Waals surface area contributed by atoms with Crippen LogP contribution in [0.25, 0.3) is 0 Å². The van der Waals surface area contributed by atoms with Gasteiger partial charge in [0.25, 0.3) is 0 Å². The molecule has 2 heterocycles. The average molecular weight is 481 g/mol. The molecule has 8 heteroatoms. The Morgan fingerprint density at radius 1 is 1.15 bits per heavy atom. The zero-order chi connectivity index (χ0) is 24.3. The number of aliphatic hydroxyl groups excluding tert-OH is 1. The number of carbonyl (C=O) groups excluding carboxylic acids is 1. The van der Waals surface area contributed by atoms with Crippen molar-refractivity contribution in [1.29, 1.82) is 0 Å². The van der Waals surface area contributed by atoms with Crippen LogP contribution in [0.4, 0.5) is 0 Å². The first-order valence-electron chi connectivity index (χ1n) is 10.9. The summed E-state index contributed by atoms with van der Waals surface area (Å²) in [6, 6.07) is 18.0. The predicted octanol–water partition coefficient (Wildman–Crippen LogP) is 3.08. The van der Waals surface area contributed by atoms with Gasteiger partial charge in [-0.3, -0.25) is 9.78 Å². The molecule has 1 saturated carbocycles. The maximum absolute atomic E-state index is 13.5. The van der Waals surface area contributed by atoms with Crippen molar-refractivity contribution in [3.05, 3.63) is 88.7 Å². The Labute approximate surface area is 202 Å². The molecule has 1 aromatic heterocycles. The largest absolute Gasteiger partial charge is 0.497 e. The van der Waals surface area contributed by atoms with E-state index in [1.54, 1.807) is 51.5 Å². The molecule has 3 aromatic rings. The molecule has 0 radical (unpaired) electrons. The van der Waals surface area contributed by atoms with E-state index < -0.39 is 29.1 Å². The fraction of sp³-hybridized carbons (Fsp3) is 0.308. The Balaban J connectivity index is 1.85. The molecule has 176 valence electrons. The van der Waals surface area contributed by atoms with Crippen LogP contribution in [-0.2, 0) is 16.0 Å². The second-order valence-electron chi connectivity index (χ2n) is 8.92. The van der Waals surface area contributed by atoms with Crippen molar-refractivity contribution in [1.82, 2.24) is 9.88 Å². The number of hydrogen-bond donors (Lipinski definition) is 2. The van der Waals surface area contributed by atoms with Gasteiger partial charge in [-0.15, -0.1) is 0 Å². The number of rotatable bonds is 4. The number of methoxy groups -OCH3 is 1. The second-order valence-corrected chi connectivity index (χ2v) is 9.36. The van der Waals surface area contributed by atoms with E-state index in [2.05, 4.69) is 4.98 Å². The van der Waals surface area contributed by atoms with Gasteiger partial charge >= 0.3 is 0 Å². The maximum atomic E-state index is 13.5. The lowest BCUT2D eigenvalue weighted by Gasteiger charge is -2.40. The van der Waals surface area contributed by atoms with Gasteiger partial charge in [-0.25, -0.2) is 0 Å². The van der Waals surface area contributed by atoms with Gasteiger partial charge < -0.3 is 24.6 Å². The summed E-state index contributed by atoms with van der Waals surface area (Å²) in [6.07, 6.45) is -0.110. The third kappa shape index (κ3) is 2.90. The number of benzene rings is 2. The number of nitrogens with zero attached hydrogens (tertiary/aromatic N) is 2. The Bertz CT molecular complexity index is 1240. The van der Waals surface area contributed by atoms with Crippen LogP contribution in [0.2, 0.25) is 5.02 Å². The van der Waals surface area contributed by atoms with Crippen LogP contribution in [0.15, 0.2) is 66.9 Å². The molecule has 0 spiro atoms. The molecule has 1 aliphatic carbocycles. The van der Waals surface area contributed by atoms with Gasteiger partial charge in [0.2, 0.25) is 5.91 Å². The summed E-state index contributed by atoms with van der Waals surface area (Å²) in [5.41, 5.74) is -2.12. The monoisotopic (exact) mass is 480 g/mol. The van der Waals surface area contributed by atoms with Gasteiger partial charge in [0, 0.05) is 32.3 Å². The third-order valence-electron chi connectivity index (χ3n) is 6.99. The van der Waals surface area contributed by atoms with Crippen molar-refractivity contribution < 1.29 is 24.5 Å². The maximum Gasteiger partial charge on any atom is 0.228 e. The summed E-state index contributed by atoms with van der Waals surface area (Å²) >= 11 is 6.20. The van der Waals surface area contributed by atoms with Crippen molar-refractivity contribution in [3.63, 3.8) is 0 Å². The molecule has 34 heavy (non-hydrogen) atoms. The second kappa shape index (κ2) is 7.98. The van der Waals surface area contributed by atoms with E-state index in [0.29, 0.717) is 16.3 Å². The molecule has 1 unspecified atom stereocenters. The quantitative estimate of drug-likeness (QED) is 0.596. The van der Waals surface area contributed by atoms with Gasteiger partial charge in [0.1, 0.15) is 23.3 Å². The van der Waals surface area contributed by atoms with E-state index >= 15 is 0 Å². The van der Waals surface area contributed by atoms with E-state index in [9.17, 15) is 15.0 Å². The van der Waals surface area contributed by atoms with E-state index in [1.807, 2.05) is 30.3 Å². The Morgan fingerprint density at radius 3 is 2.44 bits per heavy atom. The standard InChI is InChI=1S/C26H25ClN2O5/c1-29(2)24(31)20-21(15-7-5-4-6-8-15)26(16-9-11-18(33-3)12-10-16)25(32,23(20)30)22-19(34-26)13-17(27)14-28-22/h4-14,20-21,23,30,32H,1-3H3/t20-,21-,23-,25?,26+/m1/s1. The number of halogens is 1. The van der Waals surface area contributed by atoms with E-state index in [-0.39, 0.29) is 17.4 Å². The first kappa shape index (κ1) is 22.7. The SMILES string of the molecule is COc1ccc([C@@]23Oc4cc(Cl)cnc4C2(O)[C@H](O)[C@H](C(=O)N(C)C)[C@H]3c2ccccc2)cc1. The van der Waals surface area contributed by atoms with E-state index in [0.717, 1.165) is 5.56 Å². The zero-order valence-corrected chi connectivity index (χ0v) is 19.7. The predicted molar refractivity (Wildman–Crippen MR) is 126 cm³/mol. The molecule has 7 nitrogen and oxygen atoms in total. The van der Waals surface area contributed by atoms with Gasteiger partial charge in [0.05, 0.1) is 18.1 Å². The Morgan fingerprint density at radius 2 is 1.82 bits per heavy atom. The van der Waals surface area contributed by atoms with Gasteiger partial charge in [-0.05, 0) is 23.3 Å². The number of ether oxygens (including phenoxy) is 2. The van der Waals surface area contributed by atoms with Crippen LogP contribution in [-0.4, -0.2) is 53.3 Å². The molecule has 2 aromatic carbocycles. The fourth-order valence-corrected chi connectivity index (χ4v) is 5.69. The molecule has 1 amide bonds. The Hall–Kier alpha value is -3.13. The molecule has 5 atom stereocenters. The lowest BCUT2D eigenvalue weighted by atomic mass is 9.71. The van der Waals surface area contributed by atoms with Crippen LogP contribution in [0.1, 0.15) is 22.7 Å². The first-order chi connectivity index (χ1) is 16.3. The molecule has 1 aliphatic heterocycles. The molecule has 5 rings (SSSR count). The van der Waals surface area contributed by atoms with Crippen molar-refractivity contribution >= 4 is 17.5 Å². The normalized spacial score (nSPS) is 29.2. The minimum absolute atomic E-state index is 0.148. The summed E-state index contributed by atoms with van der Waals surface area (Å²) in [4.78, 5) is 19.3. The number of hydrogen-bond acceptors (Lipinski definition) is 6. The number of aliphatic hydroxyl groups is 2. The van der Waals surface area contributed by atoms with Crippen molar-refractivity contribution in [2.75, 3.05) is 21.2 Å². The van der Waals surface area contributed by atoms with Crippen molar-refractivity contribution in [2.24, 2.45) is 5.92 Å². The highest BCUT2D eigenvalue weighted by Crippen LogP contribution is 2.68. The summed E-state index contributed by atoms with van der Waals surface area (Å²) in [5.74, 6) is -1.19. The average Bonchev–Trinajstić information content (AvgIpc) is 3.21. The number of pyridine rings is 1. The van der Waals surface area contributed by atoms with Crippen LogP contribution in [0.5, 0.6) is 11.5 Å². The van der Waals surface area contributed by atoms with Crippen LogP contribution in [0, 0.1) is 5.92 Å². The van der Waals surface area contributed by atoms with E-state index in [1.165, 1.54) is 11.1 Å². The molecule has 0 saturated heterocycles. The molecule has 2 N–H and O–H groups in total. The highest BCUT2D eigenvalue weighted by molar-refractivity contribution is 6.30. The highest BCUT2D eigenvalue weighted by Gasteiger charge is 2.78. The minimum atomic E-state index is -2.03. The van der Waals surface area contributed by atoms with Crippen LogP contribution < -0.4 is 9.47 Å². The number of carbonyl (C=O) groups is 1. The fourth-order valence-electron chi connectivity index (χ4n) is 5.54. The van der Waals surface area contributed by atoms with Crippen molar-refractivity contribution in [2.45, 2.75) is 23.2 Å². The smallest absolute Gasteiger partial charge is 0.228 e. The van der Waals surface area contributed by atoms with Gasteiger partial charge in [-0.2, -0.15) is 0 Å². The molecular formula is C26H25ClN2O5. The molecule has 2 aliphatic rings. The Kier molecular flexibility index (Phi) is 5.31. The van der Waals surface area contributed by atoms with Gasteiger partial charge in [0.15, 0.2) is 11.2 Å². The number of amides is 1. The third-order valence-corrected chi connectivity index (χ3v) is 7.19. The molecular weight excluding hydrogens is 456 g/mol. The summed E-state index contributed by atoms with van der Waals surface area (Å²) in [7, 11) is 4.82. The highest BCUT2D eigenvalue weighted by atomic mass is 35.5. The lowest BCUT2D eigenvalue weighted by molar-refractivity contribution is -0.157.